The fourth-order valence-electron chi connectivity index (χ4n) is 5.48. The van der Waals surface area contributed by atoms with E-state index in [1.807, 2.05) is 84.9 Å². The molecule has 0 spiro atoms. The van der Waals surface area contributed by atoms with Gasteiger partial charge in [0.1, 0.15) is 12.2 Å². The lowest BCUT2D eigenvalue weighted by Gasteiger charge is -2.42. The molecule has 5 heteroatoms. The molecule has 5 rings (SSSR count). The van der Waals surface area contributed by atoms with Crippen molar-refractivity contribution >= 4 is 5.83 Å². The number of benzene rings is 3. The van der Waals surface area contributed by atoms with E-state index >= 15 is 4.39 Å². The maximum atomic E-state index is 16.6. The summed E-state index contributed by atoms with van der Waals surface area (Å²) in [5.41, 5.74) is 3.44. The predicted octanol–water partition coefficient (Wildman–Crippen LogP) is 7.79. The minimum atomic E-state index is -0.700. The highest BCUT2D eigenvalue weighted by Gasteiger charge is 2.44. The van der Waals surface area contributed by atoms with E-state index in [-0.39, 0.29) is 30.0 Å². The molecule has 0 aliphatic carbocycles. The monoisotopic (exact) mass is 516 g/mol. The van der Waals surface area contributed by atoms with E-state index < -0.39 is 11.9 Å². The normalized spacial score (nSPS) is 26.7. The number of hydrogen-bond donors (Lipinski definition) is 0. The van der Waals surface area contributed by atoms with Crippen molar-refractivity contribution in [1.82, 2.24) is 0 Å². The SMILES string of the molecule is CC[C@H]1O/C(=C(\F)c2ccccc2C2CCCO2)C(OCc2ccccc2)C(OCc2ccccc2)[C@@H]1C. The van der Waals surface area contributed by atoms with Crippen LogP contribution in [0, 0.1) is 5.92 Å². The Kier molecular flexibility index (Phi) is 8.90. The van der Waals surface area contributed by atoms with Crippen LogP contribution < -0.4 is 0 Å². The summed E-state index contributed by atoms with van der Waals surface area (Å²) in [4.78, 5) is 0. The summed E-state index contributed by atoms with van der Waals surface area (Å²) >= 11 is 0. The predicted molar refractivity (Wildman–Crippen MR) is 147 cm³/mol. The summed E-state index contributed by atoms with van der Waals surface area (Å²) in [6, 6.07) is 27.6. The van der Waals surface area contributed by atoms with Crippen molar-refractivity contribution in [2.24, 2.45) is 5.92 Å². The molecule has 2 saturated heterocycles. The standard InChI is InChI=1S/C33H37FO4/c1-3-28-23(2)31(36-21-24-13-6-4-7-14-24)33(37-22-25-15-8-5-9-16-25)32(38-28)30(34)27-18-11-10-17-26(27)29-19-12-20-35-29/h4-11,13-18,23,28-29,31,33H,3,12,19-22H2,1-2H3/b32-30-/t23-,28-,29?,31?,33?/m1/s1. The molecular formula is C33H37FO4. The molecular weight excluding hydrogens is 479 g/mol. The third-order valence-electron chi connectivity index (χ3n) is 7.59. The summed E-state index contributed by atoms with van der Waals surface area (Å²) in [6.45, 7) is 5.61. The zero-order valence-corrected chi connectivity index (χ0v) is 22.2. The van der Waals surface area contributed by atoms with Gasteiger partial charge in [-0.15, -0.1) is 0 Å². The van der Waals surface area contributed by atoms with Crippen molar-refractivity contribution in [2.75, 3.05) is 6.61 Å². The van der Waals surface area contributed by atoms with Crippen molar-refractivity contribution < 1.29 is 23.3 Å². The summed E-state index contributed by atoms with van der Waals surface area (Å²) in [5, 5.41) is 0. The van der Waals surface area contributed by atoms with Crippen LogP contribution in [0.1, 0.15) is 61.5 Å². The van der Waals surface area contributed by atoms with Crippen LogP contribution in [0.25, 0.3) is 5.83 Å². The van der Waals surface area contributed by atoms with E-state index in [4.69, 9.17) is 18.9 Å². The molecule has 3 aromatic carbocycles. The average molecular weight is 517 g/mol. The Morgan fingerprint density at radius 2 is 1.50 bits per heavy atom. The van der Waals surface area contributed by atoms with Crippen LogP contribution in [0.5, 0.6) is 0 Å². The van der Waals surface area contributed by atoms with Crippen LogP contribution >= 0.6 is 0 Å². The molecule has 38 heavy (non-hydrogen) atoms. The molecule has 2 aliphatic heterocycles. The van der Waals surface area contributed by atoms with E-state index in [0.717, 1.165) is 36.0 Å². The molecule has 5 atom stereocenters. The minimum Gasteiger partial charge on any atom is -0.488 e. The summed E-state index contributed by atoms with van der Waals surface area (Å²) in [6.07, 6.45) is 1.20. The minimum absolute atomic E-state index is 0.00875. The highest BCUT2D eigenvalue weighted by molar-refractivity contribution is 5.66. The first kappa shape index (κ1) is 26.6. The van der Waals surface area contributed by atoms with Gasteiger partial charge in [-0.25, -0.2) is 4.39 Å². The zero-order chi connectivity index (χ0) is 26.3. The van der Waals surface area contributed by atoms with Gasteiger partial charge in [0, 0.05) is 18.1 Å². The van der Waals surface area contributed by atoms with Gasteiger partial charge in [-0.2, -0.15) is 0 Å². The van der Waals surface area contributed by atoms with E-state index in [1.165, 1.54) is 0 Å². The fourth-order valence-corrected chi connectivity index (χ4v) is 5.48. The maximum Gasteiger partial charge on any atom is 0.171 e. The maximum absolute atomic E-state index is 16.6. The molecule has 4 nitrogen and oxygen atoms in total. The quantitative estimate of drug-likeness (QED) is 0.291. The second-order valence-electron chi connectivity index (χ2n) is 10.2. The highest BCUT2D eigenvalue weighted by atomic mass is 19.1. The second-order valence-corrected chi connectivity index (χ2v) is 10.2. The van der Waals surface area contributed by atoms with E-state index in [2.05, 4.69) is 13.8 Å². The van der Waals surface area contributed by atoms with Crippen molar-refractivity contribution in [3.8, 4) is 0 Å². The van der Waals surface area contributed by atoms with E-state index in [9.17, 15) is 0 Å². The van der Waals surface area contributed by atoms with Crippen LogP contribution in [0.3, 0.4) is 0 Å². The Morgan fingerprint density at radius 3 is 2.13 bits per heavy atom. The molecule has 0 aromatic heterocycles. The van der Waals surface area contributed by atoms with Crippen LogP contribution in [-0.4, -0.2) is 24.9 Å². The zero-order valence-electron chi connectivity index (χ0n) is 22.2. The smallest absolute Gasteiger partial charge is 0.171 e. The Bertz CT molecular complexity index is 1190. The van der Waals surface area contributed by atoms with Gasteiger partial charge < -0.3 is 18.9 Å². The first-order valence-electron chi connectivity index (χ1n) is 13.7. The van der Waals surface area contributed by atoms with Gasteiger partial charge in [-0.1, -0.05) is 98.8 Å². The van der Waals surface area contributed by atoms with Gasteiger partial charge in [-0.3, -0.25) is 0 Å². The highest BCUT2D eigenvalue weighted by Crippen LogP contribution is 2.41. The number of ether oxygens (including phenoxy) is 4. The third kappa shape index (κ3) is 6.01. The molecule has 3 aromatic rings. The lowest BCUT2D eigenvalue weighted by atomic mass is 9.87. The summed E-state index contributed by atoms with van der Waals surface area (Å²) in [7, 11) is 0. The van der Waals surface area contributed by atoms with Crippen molar-refractivity contribution in [3.63, 3.8) is 0 Å². The Hall–Kier alpha value is -2.99. The molecule has 3 unspecified atom stereocenters. The largest absolute Gasteiger partial charge is 0.488 e. The second kappa shape index (κ2) is 12.7. The molecule has 2 aliphatic rings. The van der Waals surface area contributed by atoms with Crippen molar-refractivity contribution in [3.05, 3.63) is 113 Å². The van der Waals surface area contributed by atoms with E-state index in [1.54, 1.807) is 0 Å². The van der Waals surface area contributed by atoms with Gasteiger partial charge in [0.05, 0.1) is 25.4 Å². The van der Waals surface area contributed by atoms with Crippen LogP contribution in [0.15, 0.2) is 90.7 Å². The number of halogens is 1. The molecule has 0 bridgehead atoms. The van der Waals surface area contributed by atoms with Gasteiger partial charge in [0.2, 0.25) is 0 Å². The number of hydrogen-bond acceptors (Lipinski definition) is 4. The lowest BCUT2D eigenvalue weighted by Crippen LogP contribution is -2.49. The summed E-state index contributed by atoms with van der Waals surface area (Å²) < 4.78 is 42.0. The molecule has 2 fully saturated rings. The van der Waals surface area contributed by atoms with Crippen molar-refractivity contribution in [1.29, 1.82) is 0 Å². The van der Waals surface area contributed by atoms with Crippen LogP contribution in [0.2, 0.25) is 0 Å². The van der Waals surface area contributed by atoms with Gasteiger partial charge in [0.15, 0.2) is 11.6 Å². The number of rotatable bonds is 9. The van der Waals surface area contributed by atoms with Crippen molar-refractivity contribution in [2.45, 2.75) is 70.7 Å². The topological polar surface area (TPSA) is 36.9 Å². The fraction of sp³-hybridized carbons (Fsp3) is 0.394. The molecule has 200 valence electrons. The first-order chi connectivity index (χ1) is 18.7. The molecule has 2 heterocycles. The molecule has 0 amide bonds. The van der Waals surface area contributed by atoms with Gasteiger partial charge in [-0.05, 0) is 36.0 Å². The third-order valence-corrected chi connectivity index (χ3v) is 7.59. The van der Waals surface area contributed by atoms with E-state index in [0.29, 0.717) is 25.4 Å². The molecule has 0 radical (unpaired) electrons. The van der Waals surface area contributed by atoms with Gasteiger partial charge >= 0.3 is 0 Å². The Labute approximate surface area is 225 Å². The van der Waals surface area contributed by atoms with Crippen LogP contribution in [-0.2, 0) is 32.2 Å². The van der Waals surface area contributed by atoms with Crippen LogP contribution in [0.4, 0.5) is 4.39 Å². The summed E-state index contributed by atoms with van der Waals surface area (Å²) in [5.74, 6) is -0.170. The molecule has 0 saturated carbocycles. The average Bonchev–Trinajstić information content (AvgIpc) is 3.51. The molecule has 0 N–H and O–H groups in total. The van der Waals surface area contributed by atoms with Gasteiger partial charge in [0.25, 0.3) is 0 Å². The Morgan fingerprint density at radius 1 is 0.868 bits per heavy atom. The lowest BCUT2D eigenvalue weighted by molar-refractivity contribution is -0.167. The Balaban J connectivity index is 1.52. The first-order valence-corrected chi connectivity index (χ1v) is 13.7.